The van der Waals surface area contributed by atoms with Gasteiger partial charge in [0.05, 0.1) is 6.54 Å². The minimum absolute atomic E-state index is 0.0889. The number of anilines is 1. The second kappa shape index (κ2) is 8.08. The molecule has 3 N–H and O–H groups in total. The Kier molecular flexibility index (Phi) is 6.11. The summed E-state index contributed by atoms with van der Waals surface area (Å²) in [6.07, 6.45) is 0. The summed E-state index contributed by atoms with van der Waals surface area (Å²) in [5.74, 6) is -0.545. The fourth-order valence-electron chi connectivity index (χ4n) is 2.39. The Labute approximate surface area is 150 Å². The van der Waals surface area contributed by atoms with Crippen molar-refractivity contribution in [2.75, 3.05) is 18.9 Å². The van der Waals surface area contributed by atoms with Crippen LogP contribution in [0.5, 0.6) is 0 Å². The first-order valence-corrected chi connectivity index (χ1v) is 8.28. The zero-order valence-electron chi connectivity index (χ0n) is 13.7. The number of amides is 2. The molecule has 0 spiro atoms. The standard InChI is InChI=1S/C18H20BrN3O2/c1-12-8-15(19)6-7-16(12)21-17(23)11-22(2)10-13-4-3-5-14(9-13)18(20)24/h3-9H,10-11H2,1-2H3,(H2,20,24)(H,21,23). The van der Waals surface area contributed by atoms with Gasteiger partial charge in [0.25, 0.3) is 0 Å². The molecule has 0 unspecified atom stereocenters. The van der Waals surface area contributed by atoms with Gasteiger partial charge in [0.15, 0.2) is 0 Å². The molecule has 2 aromatic rings. The highest BCUT2D eigenvalue weighted by atomic mass is 79.9. The van der Waals surface area contributed by atoms with E-state index in [2.05, 4.69) is 21.2 Å². The van der Waals surface area contributed by atoms with Crippen LogP contribution in [0.3, 0.4) is 0 Å². The minimum Gasteiger partial charge on any atom is -0.366 e. The molecule has 2 amide bonds. The normalized spacial score (nSPS) is 10.7. The predicted molar refractivity (Wildman–Crippen MR) is 98.8 cm³/mol. The van der Waals surface area contributed by atoms with Gasteiger partial charge in [-0.1, -0.05) is 28.1 Å². The quantitative estimate of drug-likeness (QED) is 0.797. The maximum Gasteiger partial charge on any atom is 0.248 e. The van der Waals surface area contributed by atoms with Gasteiger partial charge in [-0.25, -0.2) is 0 Å². The highest BCUT2D eigenvalue weighted by Gasteiger charge is 2.10. The molecule has 126 valence electrons. The number of primary amides is 1. The van der Waals surface area contributed by atoms with E-state index in [0.717, 1.165) is 21.3 Å². The molecule has 24 heavy (non-hydrogen) atoms. The second-order valence-electron chi connectivity index (χ2n) is 5.74. The van der Waals surface area contributed by atoms with Gasteiger partial charge in [0, 0.05) is 22.3 Å². The van der Waals surface area contributed by atoms with Crippen molar-refractivity contribution >= 4 is 33.4 Å². The summed E-state index contributed by atoms with van der Waals surface area (Å²) < 4.78 is 0.976. The topological polar surface area (TPSA) is 75.4 Å². The van der Waals surface area contributed by atoms with Crippen molar-refractivity contribution in [3.05, 3.63) is 63.6 Å². The molecule has 6 heteroatoms. The number of hydrogen-bond acceptors (Lipinski definition) is 3. The van der Waals surface area contributed by atoms with Crippen LogP contribution < -0.4 is 11.1 Å². The van der Waals surface area contributed by atoms with Gasteiger partial charge in [-0.05, 0) is 55.4 Å². The first kappa shape index (κ1) is 18.2. The van der Waals surface area contributed by atoms with Crippen molar-refractivity contribution < 1.29 is 9.59 Å². The fraction of sp³-hybridized carbons (Fsp3) is 0.222. The van der Waals surface area contributed by atoms with Crippen LogP contribution in [-0.4, -0.2) is 30.3 Å². The molecule has 0 radical (unpaired) electrons. The van der Waals surface area contributed by atoms with Gasteiger partial charge < -0.3 is 11.1 Å². The van der Waals surface area contributed by atoms with Gasteiger partial charge in [0.2, 0.25) is 11.8 Å². The van der Waals surface area contributed by atoms with Crippen LogP contribution in [0.25, 0.3) is 0 Å². The summed E-state index contributed by atoms with van der Waals surface area (Å²) in [4.78, 5) is 25.3. The third-order valence-electron chi connectivity index (χ3n) is 3.54. The van der Waals surface area contributed by atoms with E-state index in [4.69, 9.17) is 5.73 Å². The van der Waals surface area contributed by atoms with Crippen molar-refractivity contribution in [3.63, 3.8) is 0 Å². The van der Waals surface area contributed by atoms with E-state index in [0.29, 0.717) is 12.1 Å². The molecule has 0 atom stereocenters. The Morgan fingerprint density at radius 3 is 2.62 bits per heavy atom. The summed E-state index contributed by atoms with van der Waals surface area (Å²) >= 11 is 3.40. The van der Waals surface area contributed by atoms with Crippen LogP contribution in [0.4, 0.5) is 5.69 Å². The molecule has 0 saturated heterocycles. The molecule has 0 aliphatic carbocycles. The van der Waals surface area contributed by atoms with E-state index in [1.807, 2.05) is 43.1 Å². The molecule has 0 fully saturated rings. The van der Waals surface area contributed by atoms with Crippen LogP contribution >= 0.6 is 15.9 Å². The van der Waals surface area contributed by atoms with Crippen LogP contribution in [0.1, 0.15) is 21.5 Å². The van der Waals surface area contributed by atoms with Crippen molar-refractivity contribution in [1.29, 1.82) is 0 Å². The van der Waals surface area contributed by atoms with E-state index in [1.54, 1.807) is 18.2 Å². The number of nitrogens with one attached hydrogen (secondary N) is 1. The van der Waals surface area contributed by atoms with Gasteiger partial charge >= 0.3 is 0 Å². The lowest BCUT2D eigenvalue weighted by atomic mass is 10.1. The van der Waals surface area contributed by atoms with Crippen LogP contribution in [0.15, 0.2) is 46.9 Å². The van der Waals surface area contributed by atoms with E-state index >= 15 is 0 Å². The number of likely N-dealkylation sites (N-methyl/N-ethyl adjacent to an activating group) is 1. The van der Waals surface area contributed by atoms with Crippen LogP contribution in [-0.2, 0) is 11.3 Å². The largest absolute Gasteiger partial charge is 0.366 e. The lowest BCUT2D eigenvalue weighted by Gasteiger charge is -2.17. The smallest absolute Gasteiger partial charge is 0.248 e. The summed E-state index contributed by atoms with van der Waals surface area (Å²) in [6, 6.07) is 12.8. The predicted octanol–water partition coefficient (Wildman–Crippen LogP) is 2.93. The second-order valence-corrected chi connectivity index (χ2v) is 6.66. The average Bonchev–Trinajstić information content (AvgIpc) is 2.50. The van der Waals surface area contributed by atoms with E-state index < -0.39 is 5.91 Å². The van der Waals surface area contributed by atoms with Crippen LogP contribution in [0.2, 0.25) is 0 Å². The van der Waals surface area contributed by atoms with Gasteiger partial charge in [-0.3, -0.25) is 14.5 Å². The molecular weight excluding hydrogens is 370 g/mol. The number of rotatable bonds is 6. The van der Waals surface area contributed by atoms with Gasteiger partial charge in [-0.15, -0.1) is 0 Å². The van der Waals surface area contributed by atoms with Crippen molar-refractivity contribution in [2.45, 2.75) is 13.5 Å². The SMILES string of the molecule is Cc1cc(Br)ccc1NC(=O)CN(C)Cc1cccc(C(N)=O)c1. The molecule has 5 nitrogen and oxygen atoms in total. The first-order chi connectivity index (χ1) is 11.3. The molecule has 2 rings (SSSR count). The van der Waals surface area contributed by atoms with E-state index in [9.17, 15) is 9.59 Å². The Balaban J connectivity index is 1.94. The number of benzene rings is 2. The molecule has 0 saturated carbocycles. The third-order valence-corrected chi connectivity index (χ3v) is 4.03. The molecule has 0 aliphatic rings. The maximum atomic E-state index is 12.2. The summed E-state index contributed by atoms with van der Waals surface area (Å²) in [5.41, 5.74) is 8.48. The van der Waals surface area contributed by atoms with E-state index in [-0.39, 0.29) is 12.5 Å². The number of nitrogens with zero attached hydrogens (tertiary/aromatic N) is 1. The Bertz CT molecular complexity index is 762. The molecule has 0 aromatic heterocycles. The van der Waals surface area contributed by atoms with Crippen molar-refractivity contribution in [1.82, 2.24) is 4.90 Å². The number of halogens is 1. The molecule has 0 aliphatic heterocycles. The molecule has 0 bridgehead atoms. The number of carbonyl (C=O) groups is 2. The lowest BCUT2D eigenvalue weighted by molar-refractivity contribution is -0.117. The zero-order chi connectivity index (χ0) is 17.7. The first-order valence-electron chi connectivity index (χ1n) is 7.48. The lowest BCUT2D eigenvalue weighted by Crippen LogP contribution is -2.30. The number of hydrogen-bond donors (Lipinski definition) is 2. The molecule has 0 heterocycles. The van der Waals surface area contributed by atoms with Gasteiger partial charge in [0.1, 0.15) is 0 Å². The maximum absolute atomic E-state index is 12.2. The van der Waals surface area contributed by atoms with Crippen molar-refractivity contribution in [3.8, 4) is 0 Å². The minimum atomic E-state index is -0.456. The third kappa shape index (κ3) is 5.18. The average molecular weight is 390 g/mol. The highest BCUT2D eigenvalue weighted by Crippen LogP contribution is 2.20. The zero-order valence-corrected chi connectivity index (χ0v) is 15.3. The van der Waals surface area contributed by atoms with Crippen LogP contribution in [0, 0.1) is 6.92 Å². The Morgan fingerprint density at radius 1 is 1.21 bits per heavy atom. The molecule has 2 aromatic carbocycles. The number of carbonyl (C=O) groups excluding carboxylic acids is 2. The van der Waals surface area contributed by atoms with Gasteiger partial charge in [-0.2, -0.15) is 0 Å². The summed E-state index contributed by atoms with van der Waals surface area (Å²) in [7, 11) is 1.85. The Morgan fingerprint density at radius 2 is 1.96 bits per heavy atom. The van der Waals surface area contributed by atoms with Crippen molar-refractivity contribution in [2.24, 2.45) is 5.73 Å². The summed E-state index contributed by atoms with van der Waals surface area (Å²) in [5, 5.41) is 2.91. The number of aryl methyl sites for hydroxylation is 1. The fourth-order valence-corrected chi connectivity index (χ4v) is 2.87. The summed E-state index contributed by atoms with van der Waals surface area (Å²) in [6.45, 7) is 2.74. The monoisotopic (exact) mass is 389 g/mol. The Hall–Kier alpha value is -2.18. The highest BCUT2D eigenvalue weighted by molar-refractivity contribution is 9.10. The van der Waals surface area contributed by atoms with E-state index in [1.165, 1.54) is 0 Å². The number of nitrogens with two attached hydrogens (primary N) is 1. The molecular formula is C18H20BrN3O2.